The summed E-state index contributed by atoms with van der Waals surface area (Å²) in [5, 5.41) is 13.7. The second-order valence-electron chi connectivity index (χ2n) is 8.86. The third-order valence-corrected chi connectivity index (χ3v) is 6.15. The highest BCUT2D eigenvalue weighted by Gasteiger charge is 2.11. The van der Waals surface area contributed by atoms with Crippen molar-refractivity contribution in [1.82, 2.24) is 4.57 Å². The maximum atomic E-state index is 12.8. The first-order valence-electron chi connectivity index (χ1n) is 12.6. The van der Waals surface area contributed by atoms with Crippen LogP contribution in [0.4, 0.5) is 5.69 Å². The molecule has 198 valence electrons. The van der Waals surface area contributed by atoms with Gasteiger partial charge in [0.25, 0.3) is 5.56 Å². The monoisotopic (exact) mass is 508 g/mol. The molecular weight excluding hydrogens is 472 g/mol. The molecule has 0 saturated heterocycles. The average molecular weight is 509 g/mol. The van der Waals surface area contributed by atoms with Crippen LogP contribution in [0.25, 0.3) is 17.0 Å². The van der Waals surface area contributed by atoms with E-state index in [0.717, 1.165) is 18.2 Å². The predicted molar refractivity (Wildman–Crippen MR) is 147 cm³/mol. The van der Waals surface area contributed by atoms with Gasteiger partial charge in [-0.1, -0.05) is 45.1 Å². The van der Waals surface area contributed by atoms with E-state index in [9.17, 15) is 14.7 Å². The molecule has 1 heterocycles. The molecule has 37 heavy (non-hydrogen) atoms. The van der Waals surface area contributed by atoms with Crippen LogP contribution < -0.4 is 25.1 Å². The Morgan fingerprint density at radius 2 is 1.65 bits per heavy atom. The van der Waals surface area contributed by atoms with Crippen molar-refractivity contribution in [2.24, 2.45) is 7.05 Å². The van der Waals surface area contributed by atoms with Gasteiger partial charge in [-0.3, -0.25) is 9.59 Å². The molecule has 0 saturated carbocycles. The van der Waals surface area contributed by atoms with Crippen molar-refractivity contribution in [3.05, 3.63) is 58.4 Å². The van der Waals surface area contributed by atoms with Gasteiger partial charge in [-0.2, -0.15) is 0 Å². The second-order valence-corrected chi connectivity index (χ2v) is 8.86. The van der Waals surface area contributed by atoms with Crippen LogP contribution in [0.2, 0.25) is 0 Å². The largest absolute Gasteiger partial charge is 0.502 e. The molecule has 1 aromatic heterocycles. The molecule has 3 rings (SSSR count). The highest BCUT2D eigenvalue weighted by atomic mass is 16.5. The number of anilines is 1. The number of nitrogens with zero attached hydrogens (tertiary/aromatic N) is 1. The Balaban J connectivity index is 1.67. The lowest BCUT2D eigenvalue weighted by atomic mass is 10.1. The molecule has 8 heteroatoms. The highest BCUT2D eigenvalue weighted by Crippen LogP contribution is 2.37. The van der Waals surface area contributed by atoms with Gasteiger partial charge in [0.05, 0.1) is 26.3 Å². The molecule has 0 radical (unpaired) electrons. The third-order valence-electron chi connectivity index (χ3n) is 6.15. The Hall–Kier alpha value is -3.94. The lowest BCUT2D eigenvalue weighted by Crippen LogP contribution is -2.20. The number of aromatic nitrogens is 1. The zero-order chi connectivity index (χ0) is 26.8. The van der Waals surface area contributed by atoms with Crippen LogP contribution in [0.3, 0.4) is 0 Å². The van der Waals surface area contributed by atoms with Crippen molar-refractivity contribution in [1.29, 1.82) is 0 Å². The summed E-state index contributed by atoms with van der Waals surface area (Å²) in [6.45, 7) is 2.72. The second kappa shape index (κ2) is 13.4. The minimum atomic E-state index is -0.353. The Labute approximate surface area is 217 Å². The van der Waals surface area contributed by atoms with Crippen LogP contribution in [0, 0.1) is 0 Å². The summed E-state index contributed by atoms with van der Waals surface area (Å²) in [6.07, 6.45) is 9.88. The Morgan fingerprint density at radius 1 is 0.973 bits per heavy atom. The van der Waals surface area contributed by atoms with Crippen molar-refractivity contribution < 1.29 is 24.1 Å². The number of pyridine rings is 1. The zero-order valence-electron chi connectivity index (χ0n) is 22.0. The fourth-order valence-corrected chi connectivity index (χ4v) is 4.05. The van der Waals surface area contributed by atoms with E-state index in [-0.39, 0.29) is 28.7 Å². The molecule has 1 amide bonds. The van der Waals surface area contributed by atoms with Gasteiger partial charge in [0, 0.05) is 24.2 Å². The number of hydrogen-bond donors (Lipinski definition) is 2. The molecule has 0 aliphatic carbocycles. The number of unbranched alkanes of at least 4 members (excludes halogenated alkanes) is 5. The van der Waals surface area contributed by atoms with Gasteiger partial charge < -0.3 is 29.2 Å². The van der Waals surface area contributed by atoms with E-state index < -0.39 is 0 Å². The Morgan fingerprint density at radius 3 is 2.32 bits per heavy atom. The van der Waals surface area contributed by atoms with Crippen LogP contribution in [0.5, 0.6) is 23.0 Å². The van der Waals surface area contributed by atoms with E-state index in [4.69, 9.17) is 14.2 Å². The quantitative estimate of drug-likeness (QED) is 0.229. The van der Waals surface area contributed by atoms with Gasteiger partial charge >= 0.3 is 0 Å². The van der Waals surface area contributed by atoms with Crippen molar-refractivity contribution in [3.63, 3.8) is 0 Å². The topological polar surface area (TPSA) is 99.0 Å². The molecule has 0 spiro atoms. The van der Waals surface area contributed by atoms with E-state index >= 15 is 0 Å². The van der Waals surface area contributed by atoms with Crippen LogP contribution in [-0.2, 0) is 11.8 Å². The SMILES string of the molecule is CCCCCCCCOc1cc2ccc(NC(=O)/C=C/c3cc(OC)c(O)c(OC)c3)cc2n(C)c1=O. The summed E-state index contributed by atoms with van der Waals surface area (Å²) in [4.78, 5) is 25.3. The molecule has 0 atom stereocenters. The number of methoxy groups -OCH3 is 2. The number of fused-ring (bicyclic) bond motifs is 1. The predicted octanol–water partition coefficient (Wildman–Crippen LogP) is 5.65. The Bertz CT molecular complexity index is 1290. The lowest BCUT2D eigenvalue weighted by Gasteiger charge is -2.12. The van der Waals surface area contributed by atoms with Crippen molar-refractivity contribution in [2.45, 2.75) is 45.4 Å². The smallest absolute Gasteiger partial charge is 0.293 e. The maximum absolute atomic E-state index is 12.8. The van der Waals surface area contributed by atoms with Gasteiger partial charge in [0.2, 0.25) is 11.7 Å². The molecule has 8 nitrogen and oxygen atoms in total. The summed E-state index contributed by atoms with van der Waals surface area (Å²) >= 11 is 0. The van der Waals surface area contributed by atoms with Crippen LogP contribution in [0.15, 0.2) is 47.3 Å². The third kappa shape index (κ3) is 7.29. The van der Waals surface area contributed by atoms with Gasteiger partial charge in [0.1, 0.15) is 0 Å². The van der Waals surface area contributed by atoms with E-state index in [1.54, 1.807) is 43.5 Å². The number of ether oxygens (including phenoxy) is 3. The zero-order valence-corrected chi connectivity index (χ0v) is 22.0. The minimum Gasteiger partial charge on any atom is -0.502 e. The highest BCUT2D eigenvalue weighted by molar-refractivity contribution is 6.03. The van der Waals surface area contributed by atoms with Crippen LogP contribution in [-0.4, -0.2) is 36.4 Å². The molecular formula is C29H36N2O6. The number of phenols is 1. The fourth-order valence-electron chi connectivity index (χ4n) is 4.05. The summed E-state index contributed by atoms with van der Waals surface area (Å²) in [5.41, 5.74) is 1.65. The Kier molecular flexibility index (Phi) is 10.0. The standard InChI is InChI=1S/C29H36N2O6/c1-5-6-7-8-9-10-15-37-26-18-21-12-13-22(19-23(21)31(2)29(26)34)30-27(32)14-11-20-16-24(35-3)28(33)25(17-20)36-4/h11-14,16-19,33H,5-10,15H2,1-4H3,(H,30,32)/b14-11+. The molecule has 2 aromatic carbocycles. The average Bonchev–Trinajstić information content (AvgIpc) is 2.90. The van der Waals surface area contributed by atoms with Gasteiger partial charge in [-0.25, -0.2) is 0 Å². The van der Waals surface area contributed by atoms with Gasteiger partial charge in [-0.15, -0.1) is 0 Å². The number of phenolic OH excluding ortho intramolecular Hbond substituents is 1. The maximum Gasteiger partial charge on any atom is 0.293 e. The number of amides is 1. The summed E-state index contributed by atoms with van der Waals surface area (Å²) in [5.74, 6) is 0.358. The number of carbonyl (C=O) groups is 1. The molecule has 0 aliphatic heterocycles. The van der Waals surface area contributed by atoms with Crippen molar-refractivity contribution in [3.8, 4) is 23.0 Å². The van der Waals surface area contributed by atoms with Crippen molar-refractivity contribution >= 4 is 28.6 Å². The molecule has 0 fully saturated rings. The molecule has 3 aromatic rings. The van der Waals surface area contributed by atoms with Gasteiger partial charge in [-0.05, 0) is 48.4 Å². The van der Waals surface area contributed by atoms with Gasteiger partial charge in [0.15, 0.2) is 17.2 Å². The number of benzene rings is 2. The fraction of sp³-hybridized carbons (Fsp3) is 0.379. The molecule has 0 bridgehead atoms. The summed E-state index contributed by atoms with van der Waals surface area (Å²) < 4.78 is 17.6. The summed E-state index contributed by atoms with van der Waals surface area (Å²) in [7, 11) is 4.57. The number of nitrogens with one attached hydrogen (secondary N) is 1. The number of carbonyl (C=O) groups excluding carboxylic acids is 1. The molecule has 0 unspecified atom stereocenters. The summed E-state index contributed by atoms with van der Waals surface area (Å²) in [6, 6.07) is 10.3. The molecule has 0 aliphatic rings. The number of hydrogen-bond acceptors (Lipinski definition) is 6. The van der Waals surface area contributed by atoms with Crippen LogP contribution in [0.1, 0.15) is 51.0 Å². The first-order chi connectivity index (χ1) is 17.9. The van der Waals surface area contributed by atoms with Crippen molar-refractivity contribution in [2.75, 3.05) is 26.1 Å². The lowest BCUT2D eigenvalue weighted by molar-refractivity contribution is -0.111. The van der Waals surface area contributed by atoms with E-state index in [0.29, 0.717) is 29.1 Å². The van der Waals surface area contributed by atoms with E-state index in [1.165, 1.54) is 50.5 Å². The number of aryl methyl sites for hydroxylation is 1. The number of rotatable bonds is 13. The first kappa shape index (κ1) is 27.6. The minimum absolute atomic E-state index is 0.107. The van der Waals surface area contributed by atoms with Crippen LogP contribution >= 0.6 is 0 Å². The number of aromatic hydroxyl groups is 1. The van der Waals surface area contributed by atoms with E-state index in [1.807, 2.05) is 6.07 Å². The van der Waals surface area contributed by atoms with E-state index in [2.05, 4.69) is 12.2 Å². The normalized spacial score (nSPS) is 11.1. The molecule has 2 N–H and O–H groups in total. The first-order valence-corrected chi connectivity index (χ1v) is 12.6.